The standard InChI is InChI=1S/C24H20F2N4O5S/c25-16-7-6-15(19(26)11-16)13-29-23(31)20-21(27)18-10-14(12-28-22(18)30(33)24(20)32)8-9-36(34,35)17-4-2-1-3-5-17/h1-7,10-12,20,27,33H,8-9,13H2,(H,29,31). The number of aromatic nitrogens is 1. The van der Waals surface area contributed by atoms with Crippen LogP contribution in [0.3, 0.4) is 0 Å². The Labute approximate surface area is 204 Å². The number of fused-ring (bicyclic) bond motifs is 1. The minimum Gasteiger partial charge on any atom is -0.351 e. The summed E-state index contributed by atoms with van der Waals surface area (Å²) in [4.78, 5) is 29.5. The van der Waals surface area contributed by atoms with Gasteiger partial charge in [-0.1, -0.05) is 24.3 Å². The van der Waals surface area contributed by atoms with E-state index in [1.54, 1.807) is 18.2 Å². The third-order valence-electron chi connectivity index (χ3n) is 5.65. The van der Waals surface area contributed by atoms with E-state index in [2.05, 4.69) is 10.3 Å². The number of benzene rings is 2. The highest BCUT2D eigenvalue weighted by atomic mass is 32.2. The summed E-state index contributed by atoms with van der Waals surface area (Å²) in [7, 11) is -3.59. The molecule has 0 saturated heterocycles. The second-order valence-corrected chi connectivity index (χ2v) is 10.2. The SMILES string of the molecule is N=C1c2cc(CCS(=O)(=O)c3ccccc3)cnc2N(O)C(=O)C1C(=O)NCc1ccc(F)cc1F. The second-order valence-electron chi connectivity index (χ2n) is 8.05. The first-order chi connectivity index (χ1) is 17.1. The molecule has 1 aliphatic rings. The first kappa shape index (κ1) is 25.1. The molecular weight excluding hydrogens is 494 g/mol. The molecule has 1 unspecified atom stereocenters. The molecule has 186 valence electrons. The number of anilines is 1. The fraction of sp³-hybridized carbons (Fsp3) is 0.167. The smallest absolute Gasteiger partial charge is 0.270 e. The molecule has 2 aromatic carbocycles. The Morgan fingerprint density at radius 1 is 1.14 bits per heavy atom. The van der Waals surface area contributed by atoms with Gasteiger partial charge in [-0.25, -0.2) is 22.2 Å². The van der Waals surface area contributed by atoms with Gasteiger partial charge >= 0.3 is 0 Å². The van der Waals surface area contributed by atoms with Crippen molar-refractivity contribution < 1.29 is 32.0 Å². The number of sulfone groups is 1. The van der Waals surface area contributed by atoms with Gasteiger partial charge in [0, 0.05) is 29.9 Å². The van der Waals surface area contributed by atoms with Crippen LogP contribution in [0.15, 0.2) is 65.7 Å². The van der Waals surface area contributed by atoms with Gasteiger partial charge in [0.25, 0.3) is 5.91 Å². The van der Waals surface area contributed by atoms with Gasteiger partial charge in [-0.15, -0.1) is 0 Å². The molecule has 1 aliphatic heterocycles. The maximum absolute atomic E-state index is 13.9. The molecular formula is C24H20F2N4O5S. The summed E-state index contributed by atoms with van der Waals surface area (Å²) in [5, 5.41) is 21.2. The molecule has 1 atom stereocenters. The molecule has 2 amide bonds. The Balaban J connectivity index is 1.52. The maximum atomic E-state index is 13.9. The van der Waals surface area contributed by atoms with E-state index < -0.39 is 44.9 Å². The lowest BCUT2D eigenvalue weighted by Crippen LogP contribution is -2.50. The van der Waals surface area contributed by atoms with E-state index in [0.717, 1.165) is 12.1 Å². The number of nitrogens with zero attached hydrogens (tertiary/aromatic N) is 2. The zero-order valence-electron chi connectivity index (χ0n) is 18.6. The number of pyridine rings is 1. The summed E-state index contributed by atoms with van der Waals surface area (Å²) in [6.07, 6.45) is 1.31. The van der Waals surface area contributed by atoms with Crippen molar-refractivity contribution in [2.24, 2.45) is 5.92 Å². The Hall–Kier alpha value is -4.03. The normalized spacial score (nSPS) is 15.5. The molecule has 9 nitrogen and oxygen atoms in total. The van der Waals surface area contributed by atoms with Crippen LogP contribution < -0.4 is 10.4 Å². The van der Waals surface area contributed by atoms with Gasteiger partial charge in [0.05, 0.1) is 16.4 Å². The lowest BCUT2D eigenvalue weighted by molar-refractivity contribution is -0.134. The van der Waals surface area contributed by atoms with Crippen molar-refractivity contribution in [3.05, 3.63) is 89.1 Å². The van der Waals surface area contributed by atoms with E-state index in [9.17, 15) is 32.0 Å². The minimum absolute atomic E-state index is 0.0279. The van der Waals surface area contributed by atoms with Gasteiger partial charge in [0.15, 0.2) is 21.6 Å². The van der Waals surface area contributed by atoms with Crippen LogP contribution in [-0.4, -0.2) is 41.9 Å². The van der Waals surface area contributed by atoms with Gasteiger partial charge in [-0.05, 0) is 36.2 Å². The van der Waals surface area contributed by atoms with Gasteiger partial charge in [0.1, 0.15) is 11.6 Å². The number of carbonyl (C=O) groups excluding carboxylic acids is 2. The second kappa shape index (κ2) is 9.91. The monoisotopic (exact) mass is 514 g/mol. The van der Waals surface area contributed by atoms with Crippen LogP contribution in [0.5, 0.6) is 0 Å². The molecule has 1 aromatic heterocycles. The van der Waals surface area contributed by atoms with E-state index in [1.165, 1.54) is 24.4 Å². The topological polar surface area (TPSA) is 141 Å². The Morgan fingerprint density at radius 2 is 1.86 bits per heavy atom. The zero-order chi connectivity index (χ0) is 26.0. The summed E-state index contributed by atoms with van der Waals surface area (Å²) in [6, 6.07) is 12.0. The van der Waals surface area contributed by atoms with Crippen molar-refractivity contribution in [2.45, 2.75) is 17.9 Å². The molecule has 36 heavy (non-hydrogen) atoms. The number of rotatable bonds is 7. The summed E-state index contributed by atoms with van der Waals surface area (Å²) in [5.41, 5.74) is -0.116. The molecule has 0 radical (unpaired) electrons. The van der Waals surface area contributed by atoms with Crippen LogP contribution in [0, 0.1) is 23.0 Å². The van der Waals surface area contributed by atoms with Gasteiger partial charge < -0.3 is 10.7 Å². The highest BCUT2D eigenvalue weighted by Crippen LogP contribution is 2.29. The number of amides is 2. The number of hydrogen-bond donors (Lipinski definition) is 3. The van der Waals surface area contributed by atoms with E-state index in [4.69, 9.17) is 5.41 Å². The Morgan fingerprint density at radius 3 is 2.56 bits per heavy atom. The predicted molar refractivity (Wildman–Crippen MR) is 124 cm³/mol. The number of halogens is 2. The summed E-state index contributed by atoms with van der Waals surface area (Å²) in [6.45, 7) is -0.379. The first-order valence-corrected chi connectivity index (χ1v) is 12.3. The summed E-state index contributed by atoms with van der Waals surface area (Å²) < 4.78 is 52.1. The van der Waals surface area contributed by atoms with Crippen molar-refractivity contribution in [1.29, 1.82) is 5.41 Å². The first-order valence-electron chi connectivity index (χ1n) is 10.7. The van der Waals surface area contributed by atoms with Crippen LogP contribution >= 0.6 is 0 Å². The molecule has 2 heterocycles. The number of nitrogens with one attached hydrogen (secondary N) is 2. The predicted octanol–water partition coefficient (Wildman–Crippen LogP) is 2.41. The third kappa shape index (κ3) is 4.99. The molecule has 0 bridgehead atoms. The molecule has 0 fully saturated rings. The van der Waals surface area contributed by atoms with Crippen LogP contribution in [0.2, 0.25) is 0 Å². The number of hydroxylamine groups is 1. The average Bonchev–Trinajstić information content (AvgIpc) is 2.86. The Kier molecular flexibility index (Phi) is 6.91. The molecule has 0 saturated carbocycles. The van der Waals surface area contributed by atoms with Crippen molar-refractivity contribution >= 4 is 33.2 Å². The van der Waals surface area contributed by atoms with Crippen molar-refractivity contribution in [3.8, 4) is 0 Å². The quantitative estimate of drug-likeness (QED) is 0.327. The lowest BCUT2D eigenvalue weighted by atomic mass is 9.90. The van der Waals surface area contributed by atoms with Crippen LogP contribution in [0.25, 0.3) is 0 Å². The van der Waals surface area contributed by atoms with Crippen molar-refractivity contribution in [1.82, 2.24) is 10.3 Å². The van der Waals surface area contributed by atoms with Crippen molar-refractivity contribution in [2.75, 3.05) is 10.8 Å². The zero-order valence-corrected chi connectivity index (χ0v) is 19.4. The van der Waals surface area contributed by atoms with Crippen LogP contribution in [0.4, 0.5) is 14.6 Å². The number of hydrogen-bond acceptors (Lipinski definition) is 7. The lowest BCUT2D eigenvalue weighted by Gasteiger charge is -2.29. The highest BCUT2D eigenvalue weighted by Gasteiger charge is 2.42. The minimum atomic E-state index is -3.59. The molecule has 0 aliphatic carbocycles. The average molecular weight is 515 g/mol. The van der Waals surface area contributed by atoms with E-state index in [-0.39, 0.29) is 45.6 Å². The highest BCUT2D eigenvalue weighted by molar-refractivity contribution is 7.91. The number of carbonyl (C=O) groups is 2. The third-order valence-corrected chi connectivity index (χ3v) is 7.38. The van der Waals surface area contributed by atoms with Crippen molar-refractivity contribution in [3.63, 3.8) is 0 Å². The molecule has 4 rings (SSSR count). The largest absolute Gasteiger partial charge is 0.351 e. The fourth-order valence-corrected chi connectivity index (χ4v) is 5.01. The van der Waals surface area contributed by atoms with Gasteiger partial charge in [0.2, 0.25) is 5.91 Å². The molecule has 3 N–H and O–H groups in total. The molecule has 0 spiro atoms. The van der Waals surface area contributed by atoms with E-state index in [0.29, 0.717) is 11.6 Å². The van der Waals surface area contributed by atoms with Gasteiger partial charge in [-0.2, -0.15) is 5.06 Å². The van der Waals surface area contributed by atoms with Crippen LogP contribution in [0.1, 0.15) is 16.7 Å². The van der Waals surface area contributed by atoms with Crippen LogP contribution in [-0.2, 0) is 32.4 Å². The van der Waals surface area contributed by atoms with E-state index >= 15 is 0 Å². The number of aryl methyl sites for hydroxylation is 1. The summed E-state index contributed by atoms with van der Waals surface area (Å²) >= 11 is 0. The Bertz CT molecular complexity index is 1460. The summed E-state index contributed by atoms with van der Waals surface area (Å²) in [5.74, 6) is -6.07. The van der Waals surface area contributed by atoms with Gasteiger partial charge in [-0.3, -0.25) is 14.8 Å². The fourth-order valence-electron chi connectivity index (χ4n) is 3.70. The molecule has 3 aromatic rings. The molecule has 12 heteroatoms. The van der Waals surface area contributed by atoms with E-state index in [1.807, 2.05) is 0 Å². The maximum Gasteiger partial charge on any atom is 0.270 e.